The van der Waals surface area contributed by atoms with E-state index in [0.29, 0.717) is 16.8 Å². The molecule has 0 radical (unpaired) electrons. The number of anilines is 2. The van der Waals surface area contributed by atoms with Crippen molar-refractivity contribution in [1.82, 2.24) is 19.7 Å². The van der Waals surface area contributed by atoms with Gasteiger partial charge in [0.15, 0.2) is 0 Å². The molecule has 1 aromatic carbocycles. The standard InChI is InChI=1S/C15H14ClN5/c1-10(14-4-3-9-17-14)21-15(18-11(2)20-21)19-13-7-5-12(16)6-8-13/h3-9,17H,1H2,2H3,(H,18,19,20). The number of benzene rings is 1. The maximum atomic E-state index is 5.89. The topological polar surface area (TPSA) is 58.5 Å². The van der Waals surface area contributed by atoms with Crippen molar-refractivity contribution in [3.05, 3.63) is 65.7 Å². The lowest BCUT2D eigenvalue weighted by atomic mass is 10.3. The number of nitrogens with zero attached hydrogens (tertiary/aromatic N) is 3. The van der Waals surface area contributed by atoms with Gasteiger partial charge >= 0.3 is 0 Å². The maximum absolute atomic E-state index is 5.89. The lowest BCUT2D eigenvalue weighted by Crippen LogP contribution is -2.05. The summed E-state index contributed by atoms with van der Waals surface area (Å²) in [6.07, 6.45) is 1.84. The molecule has 3 aromatic rings. The molecular weight excluding hydrogens is 286 g/mol. The molecule has 0 aliphatic carbocycles. The van der Waals surface area contributed by atoms with Crippen LogP contribution in [0.1, 0.15) is 11.5 Å². The third-order valence-corrected chi connectivity index (χ3v) is 3.23. The molecule has 0 saturated carbocycles. The van der Waals surface area contributed by atoms with Crippen LogP contribution in [0.4, 0.5) is 11.6 Å². The Morgan fingerprint density at radius 1 is 1.29 bits per heavy atom. The summed E-state index contributed by atoms with van der Waals surface area (Å²) in [6.45, 7) is 5.90. The number of aromatic nitrogens is 4. The maximum Gasteiger partial charge on any atom is 0.230 e. The Hall–Kier alpha value is -2.53. The Morgan fingerprint density at radius 2 is 2.05 bits per heavy atom. The number of aryl methyl sites for hydroxylation is 1. The molecule has 21 heavy (non-hydrogen) atoms. The summed E-state index contributed by atoms with van der Waals surface area (Å²) in [5.41, 5.74) is 2.49. The van der Waals surface area contributed by atoms with Gasteiger partial charge in [-0.3, -0.25) is 0 Å². The second kappa shape index (κ2) is 5.46. The van der Waals surface area contributed by atoms with Crippen molar-refractivity contribution in [1.29, 1.82) is 0 Å². The first kappa shape index (κ1) is 13.5. The molecule has 0 aliphatic rings. The van der Waals surface area contributed by atoms with E-state index in [1.165, 1.54) is 0 Å². The van der Waals surface area contributed by atoms with Crippen molar-refractivity contribution in [2.75, 3.05) is 5.32 Å². The smallest absolute Gasteiger partial charge is 0.230 e. The van der Waals surface area contributed by atoms with Crippen molar-refractivity contribution < 1.29 is 0 Å². The lowest BCUT2D eigenvalue weighted by Gasteiger charge is -2.09. The number of H-pyrrole nitrogens is 1. The zero-order valence-electron chi connectivity index (χ0n) is 11.5. The number of aromatic amines is 1. The molecule has 5 nitrogen and oxygen atoms in total. The second-order valence-electron chi connectivity index (χ2n) is 4.56. The monoisotopic (exact) mass is 299 g/mol. The zero-order chi connectivity index (χ0) is 14.8. The van der Waals surface area contributed by atoms with Crippen molar-refractivity contribution in [2.45, 2.75) is 6.92 Å². The molecule has 0 fully saturated rings. The van der Waals surface area contributed by atoms with Gasteiger partial charge in [0.1, 0.15) is 5.82 Å². The second-order valence-corrected chi connectivity index (χ2v) is 4.99. The van der Waals surface area contributed by atoms with Crippen LogP contribution in [-0.4, -0.2) is 19.7 Å². The summed E-state index contributed by atoms with van der Waals surface area (Å²) in [4.78, 5) is 7.50. The highest BCUT2D eigenvalue weighted by atomic mass is 35.5. The third-order valence-electron chi connectivity index (χ3n) is 2.98. The van der Waals surface area contributed by atoms with Gasteiger partial charge in [0.2, 0.25) is 5.95 Å². The van der Waals surface area contributed by atoms with E-state index in [1.54, 1.807) is 4.68 Å². The van der Waals surface area contributed by atoms with Gasteiger partial charge in [0.05, 0.1) is 11.4 Å². The average molecular weight is 300 g/mol. The molecule has 2 aromatic heterocycles. The molecule has 3 rings (SSSR count). The molecule has 0 aliphatic heterocycles. The number of rotatable bonds is 4. The highest BCUT2D eigenvalue weighted by Crippen LogP contribution is 2.21. The number of halogens is 1. The quantitative estimate of drug-likeness (QED) is 0.769. The van der Waals surface area contributed by atoms with E-state index < -0.39 is 0 Å². The van der Waals surface area contributed by atoms with Crippen LogP contribution in [0.25, 0.3) is 5.70 Å². The van der Waals surface area contributed by atoms with Crippen LogP contribution in [0.15, 0.2) is 49.2 Å². The van der Waals surface area contributed by atoms with Gasteiger partial charge in [-0.1, -0.05) is 18.2 Å². The van der Waals surface area contributed by atoms with Gasteiger partial charge in [-0.25, -0.2) is 0 Å². The summed E-state index contributed by atoms with van der Waals surface area (Å²) in [6, 6.07) is 11.2. The summed E-state index contributed by atoms with van der Waals surface area (Å²) in [5, 5.41) is 8.29. The Balaban J connectivity index is 1.92. The molecule has 2 heterocycles. The zero-order valence-corrected chi connectivity index (χ0v) is 12.2. The van der Waals surface area contributed by atoms with Gasteiger partial charge in [-0.15, -0.1) is 5.10 Å². The number of nitrogens with one attached hydrogen (secondary N) is 2. The minimum atomic E-state index is 0.606. The van der Waals surface area contributed by atoms with Gasteiger partial charge < -0.3 is 10.3 Å². The van der Waals surface area contributed by atoms with Crippen molar-refractivity contribution in [3.8, 4) is 0 Å². The third kappa shape index (κ3) is 2.83. The Morgan fingerprint density at radius 3 is 2.71 bits per heavy atom. The van der Waals surface area contributed by atoms with Crippen molar-refractivity contribution >= 4 is 28.9 Å². The highest BCUT2D eigenvalue weighted by molar-refractivity contribution is 6.30. The van der Waals surface area contributed by atoms with Crippen molar-refractivity contribution in [2.24, 2.45) is 0 Å². The normalized spacial score (nSPS) is 10.6. The van der Waals surface area contributed by atoms with Gasteiger partial charge in [0, 0.05) is 16.9 Å². The van der Waals surface area contributed by atoms with Gasteiger partial charge in [0.25, 0.3) is 0 Å². The first-order chi connectivity index (χ1) is 10.1. The number of hydrogen-bond donors (Lipinski definition) is 2. The SMILES string of the molecule is C=C(c1ccc[nH]1)n1nc(C)nc1Nc1ccc(Cl)cc1. The first-order valence-electron chi connectivity index (χ1n) is 6.43. The highest BCUT2D eigenvalue weighted by Gasteiger charge is 2.12. The van der Waals surface area contributed by atoms with E-state index in [-0.39, 0.29) is 0 Å². The van der Waals surface area contributed by atoms with E-state index in [2.05, 4.69) is 27.0 Å². The molecule has 6 heteroatoms. The Kier molecular flexibility index (Phi) is 3.50. The van der Waals surface area contributed by atoms with E-state index in [0.717, 1.165) is 17.1 Å². The van der Waals surface area contributed by atoms with E-state index in [4.69, 9.17) is 11.6 Å². The fourth-order valence-electron chi connectivity index (χ4n) is 1.97. The van der Waals surface area contributed by atoms with Crippen LogP contribution >= 0.6 is 11.6 Å². The molecule has 0 saturated heterocycles. The van der Waals surface area contributed by atoms with Gasteiger partial charge in [-0.2, -0.15) is 9.67 Å². The van der Waals surface area contributed by atoms with Crippen molar-refractivity contribution in [3.63, 3.8) is 0 Å². The molecule has 0 spiro atoms. The number of hydrogen-bond acceptors (Lipinski definition) is 3. The fraction of sp³-hybridized carbons (Fsp3) is 0.0667. The summed E-state index contributed by atoms with van der Waals surface area (Å²) in [7, 11) is 0. The average Bonchev–Trinajstić information content (AvgIpc) is 3.10. The largest absolute Gasteiger partial charge is 0.360 e. The molecule has 106 valence electrons. The molecule has 0 unspecified atom stereocenters. The van der Waals surface area contributed by atoms with E-state index >= 15 is 0 Å². The molecule has 0 atom stereocenters. The molecule has 0 bridgehead atoms. The molecule has 0 amide bonds. The fourth-order valence-corrected chi connectivity index (χ4v) is 2.10. The van der Waals surface area contributed by atoms with Crippen LogP contribution < -0.4 is 5.32 Å². The lowest BCUT2D eigenvalue weighted by molar-refractivity contribution is 0.887. The first-order valence-corrected chi connectivity index (χ1v) is 6.80. The summed E-state index contributed by atoms with van der Waals surface area (Å²) >= 11 is 5.89. The predicted molar refractivity (Wildman–Crippen MR) is 84.7 cm³/mol. The van der Waals surface area contributed by atoms with Crippen LogP contribution in [0.2, 0.25) is 5.02 Å². The summed E-state index contributed by atoms with van der Waals surface area (Å²) < 4.78 is 1.68. The summed E-state index contributed by atoms with van der Waals surface area (Å²) in [5.74, 6) is 1.27. The van der Waals surface area contributed by atoms with Crippen LogP contribution in [-0.2, 0) is 0 Å². The molecular formula is C15H14ClN5. The molecule has 2 N–H and O–H groups in total. The van der Waals surface area contributed by atoms with Crippen LogP contribution in [0.3, 0.4) is 0 Å². The van der Waals surface area contributed by atoms with Gasteiger partial charge in [-0.05, 0) is 43.3 Å². The van der Waals surface area contributed by atoms with Crippen LogP contribution in [0, 0.1) is 6.92 Å². The Bertz CT molecular complexity index is 756. The minimum absolute atomic E-state index is 0.606. The van der Waals surface area contributed by atoms with E-state index in [1.807, 2.05) is 49.5 Å². The van der Waals surface area contributed by atoms with Crippen LogP contribution in [0.5, 0.6) is 0 Å². The minimum Gasteiger partial charge on any atom is -0.360 e. The van der Waals surface area contributed by atoms with E-state index in [9.17, 15) is 0 Å². The Labute approximate surface area is 127 Å². The predicted octanol–water partition coefficient (Wildman–Crippen LogP) is 3.83.